The zero-order valence-electron chi connectivity index (χ0n) is 22.7. The van der Waals surface area contributed by atoms with E-state index in [4.69, 9.17) is 15.6 Å². The first-order valence-electron chi connectivity index (χ1n) is 12.8. The topological polar surface area (TPSA) is 98.2 Å². The van der Waals surface area contributed by atoms with Crippen LogP contribution in [0, 0.1) is 18.2 Å². The number of nitrogen functional groups attached to an aromatic ring is 1. The number of rotatable bonds is 6. The highest BCUT2D eigenvalue weighted by Crippen LogP contribution is 2.44. The molecule has 2 saturated heterocycles. The Labute approximate surface area is 225 Å². The highest BCUT2D eigenvalue weighted by molar-refractivity contribution is 7.22. The van der Waals surface area contributed by atoms with Gasteiger partial charge in [0.15, 0.2) is 5.82 Å². The molecule has 0 aromatic carbocycles. The molecule has 2 N–H and O–H groups in total. The molecule has 2 fully saturated rings. The van der Waals surface area contributed by atoms with E-state index in [1.165, 1.54) is 11.3 Å². The Morgan fingerprint density at radius 1 is 1.16 bits per heavy atom. The van der Waals surface area contributed by atoms with Gasteiger partial charge in [-0.1, -0.05) is 6.92 Å². The number of pyridine rings is 1. The average Bonchev–Trinajstić information content (AvgIpc) is 3.33. The van der Waals surface area contributed by atoms with E-state index < -0.39 is 11.4 Å². The molecular formula is C27H33FN8OS. The van der Waals surface area contributed by atoms with Crippen molar-refractivity contribution in [3.63, 3.8) is 0 Å². The van der Waals surface area contributed by atoms with E-state index in [1.54, 1.807) is 13.3 Å². The maximum absolute atomic E-state index is 16.0. The highest BCUT2D eigenvalue weighted by atomic mass is 32.1. The van der Waals surface area contributed by atoms with Gasteiger partial charge in [-0.2, -0.15) is 5.10 Å². The van der Waals surface area contributed by atoms with E-state index in [-0.39, 0.29) is 17.3 Å². The van der Waals surface area contributed by atoms with E-state index >= 15 is 4.39 Å². The number of anilines is 2. The van der Waals surface area contributed by atoms with Crippen LogP contribution in [-0.4, -0.2) is 69.5 Å². The molecule has 38 heavy (non-hydrogen) atoms. The third kappa shape index (κ3) is 3.78. The standard InChI is InChI=1S/C27H33FN8OS/c1-7-35-11-27(12-35)13-36(14-27)16-8-9-17(30-10-16)20-18(28)21(32-25(29)31-20)22-15(2)19-23(38-22)24(34(5)33-19)26(3,4)37-6/h8-10H,7,11-14H2,1-6H3,(H2,29,31,32). The summed E-state index contributed by atoms with van der Waals surface area (Å²) in [5, 5.41) is 4.71. The van der Waals surface area contributed by atoms with Crippen molar-refractivity contribution >= 4 is 33.2 Å². The third-order valence-electron chi connectivity index (χ3n) is 8.04. The van der Waals surface area contributed by atoms with Crippen LogP contribution in [0.5, 0.6) is 0 Å². The molecule has 0 amide bonds. The summed E-state index contributed by atoms with van der Waals surface area (Å²) in [7, 11) is 3.56. The number of halogens is 1. The van der Waals surface area contributed by atoms with Gasteiger partial charge in [-0.25, -0.2) is 14.4 Å². The summed E-state index contributed by atoms with van der Waals surface area (Å²) in [6, 6.07) is 3.79. The number of aryl methyl sites for hydroxylation is 2. The van der Waals surface area contributed by atoms with Crippen molar-refractivity contribution in [2.75, 3.05) is 50.5 Å². The minimum Gasteiger partial charge on any atom is -0.372 e. The second kappa shape index (κ2) is 8.69. The van der Waals surface area contributed by atoms with Crippen LogP contribution in [0.3, 0.4) is 0 Å². The van der Waals surface area contributed by atoms with Gasteiger partial charge in [0.2, 0.25) is 5.95 Å². The van der Waals surface area contributed by atoms with Crippen LogP contribution in [0.1, 0.15) is 32.0 Å². The van der Waals surface area contributed by atoms with Gasteiger partial charge < -0.3 is 20.3 Å². The smallest absolute Gasteiger partial charge is 0.221 e. The molecule has 0 atom stereocenters. The summed E-state index contributed by atoms with van der Waals surface area (Å²) in [5.74, 6) is -0.540. The molecular weight excluding hydrogens is 503 g/mol. The van der Waals surface area contributed by atoms with E-state index in [1.807, 2.05) is 44.6 Å². The number of nitrogens with two attached hydrogens (primary N) is 1. The fraction of sp³-hybridized carbons (Fsp3) is 0.481. The summed E-state index contributed by atoms with van der Waals surface area (Å²) in [5.41, 5.74) is 10.2. The predicted octanol–water partition coefficient (Wildman–Crippen LogP) is 4.21. The number of aromatic nitrogens is 5. The van der Waals surface area contributed by atoms with Gasteiger partial charge in [0.25, 0.3) is 0 Å². The fourth-order valence-corrected chi connectivity index (χ4v) is 7.34. The summed E-state index contributed by atoms with van der Waals surface area (Å²) in [6.45, 7) is 13.6. The molecule has 1 spiro atoms. The molecule has 2 aliphatic rings. The number of methoxy groups -OCH3 is 1. The van der Waals surface area contributed by atoms with Crippen LogP contribution >= 0.6 is 11.3 Å². The zero-order chi connectivity index (χ0) is 27.0. The second-order valence-electron chi connectivity index (χ2n) is 11.1. The van der Waals surface area contributed by atoms with Crippen LogP contribution in [0.4, 0.5) is 16.0 Å². The highest BCUT2D eigenvalue weighted by Gasteiger charge is 2.51. The quantitative estimate of drug-likeness (QED) is 0.391. The van der Waals surface area contributed by atoms with Crippen molar-refractivity contribution in [3.05, 3.63) is 35.4 Å². The molecule has 4 aromatic rings. The second-order valence-corrected chi connectivity index (χ2v) is 12.1. The number of fused-ring (bicyclic) bond motifs is 1. The predicted molar refractivity (Wildman–Crippen MR) is 149 cm³/mol. The van der Waals surface area contributed by atoms with E-state index in [9.17, 15) is 0 Å². The number of ether oxygens (including phenoxy) is 1. The Morgan fingerprint density at radius 2 is 1.87 bits per heavy atom. The lowest BCUT2D eigenvalue weighted by molar-refractivity contribution is -0.0178. The number of nitrogens with zero attached hydrogens (tertiary/aromatic N) is 7. The molecule has 0 saturated carbocycles. The van der Waals surface area contributed by atoms with Gasteiger partial charge in [0.05, 0.1) is 32.8 Å². The van der Waals surface area contributed by atoms with E-state index in [0.29, 0.717) is 16.0 Å². The molecule has 0 bridgehead atoms. The van der Waals surface area contributed by atoms with Gasteiger partial charge >= 0.3 is 0 Å². The van der Waals surface area contributed by atoms with Crippen LogP contribution < -0.4 is 10.6 Å². The lowest BCUT2D eigenvalue weighted by atomic mass is 9.72. The normalized spacial score (nSPS) is 17.3. The number of thiophene rings is 1. The Balaban J connectivity index is 1.32. The summed E-state index contributed by atoms with van der Waals surface area (Å²) in [6.07, 6.45) is 1.80. The van der Waals surface area contributed by atoms with Crippen LogP contribution in [0.25, 0.3) is 32.2 Å². The van der Waals surface area contributed by atoms with Crippen LogP contribution in [-0.2, 0) is 17.4 Å². The van der Waals surface area contributed by atoms with E-state index in [0.717, 1.165) is 59.9 Å². The van der Waals surface area contributed by atoms with Crippen molar-refractivity contribution in [2.24, 2.45) is 12.5 Å². The average molecular weight is 537 g/mol. The van der Waals surface area contributed by atoms with Gasteiger partial charge in [0.1, 0.15) is 22.5 Å². The molecule has 200 valence electrons. The first kappa shape index (κ1) is 25.1. The molecule has 2 aliphatic heterocycles. The lowest BCUT2D eigenvalue weighted by Crippen LogP contribution is -2.72. The SMILES string of the molecule is CCN1CC2(C1)CN(c1ccc(-c3nc(N)nc(-c4sc5c(C(C)(C)OC)n(C)nc5c4C)c3F)nc1)C2. The van der Waals surface area contributed by atoms with Gasteiger partial charge in [0, 0.05) is 45.8 Å². The number of hydrogen-bond donors (Lipinski definition) is 1. The van der Waals surface area contributed by atoms with Gasteiger partial charge in [-0.15, -0.1) is 11.3 Å². The summed E-state index contributed by atoms with van der Waals surface area (Å²) in [4.78, 5) is 18.6. The van der Waals surface area contributed by atoms with Gasteiger partial charge in [-0.05, 0) is 45.0 Å². The van der Waals surface area contributed by atoms with E-state index in [2.05, 4.69) is 31.7 Å². The third-order valence-corrected chi connectivity index (χ3v) is 9.34. The van der Waals surface area contributed by atoms with Gasteiger partial charge in [-0.3, -0.25) is 9.67 Å². The summed E-state index contributed by atoms with van der Waals surface area (Å²) >= 11 is 1.44. The van der Waals surface area contributed by atoms with Crippen molar-refractivity contribution in [3.8, 4) is 22.0 Å². The maximum Gasteiger partial charge on any atom is 0.221 e. The minimum absolute atomic E-state index is 0.000800. The molecule has 0 aliphatic carbocycles. The summed E-state index contributed by atoms with van der Waals surface area (Å²) < 4.78 is 24.5. The Morgan fingerprint density at radius 3 is 2.50 bits per heavy atom. The molecule has 0 unspecified atom stereocenters. The van der Waals surface area contributed by atoms with Crippen molar-refractivity contribution in [1.29, 1.82) is 0 Å². The monoisotopic (exact) mass is 536 g/mol. The molecule has 0 radical (unpaired) electrons. The zero-order valence-corrected chi connectivity index (χ0v) is 23.5. The molecule has 9 nitrogen and oxygen atoms in total. The van der Waals surface area contributed by atoms with Crippen molar-refractivity contribution < 1.29 is 9.13 Å². The fourth-order valence-electron chi connectivity index (χ4n) is 5.89. The first-order chi connectivity index (χ1) is 18.1. The minimum atomic E-state index is -0.567. The Hall–Kier alpha value is -3.15. The molecule has 11 heteroatoms. The first-order valence-corrected chi connectivity index (χ1v) is 13.7. The number of likely N-dealkylation sites (tertiary alicyclic amines) is 1. The largest absolute Gasteiger partial charge is 0.372 e. The maximum atomic E-state index is 16.0. The molecule has 4 aromatic heterocycles. The Bertz CT molecular complexity index is 1530. The number of hydrogen-bond acceptors (Lipinski definition) is 9. The Kier molecular flexibility index (Phi) is 5.75. The molecule has 6 rings (SSSR count). The lowest BCUT2D eigenvalue weighted by Gasteiger charge is -2.61. The van der Waals surface area contributed by atoms with Crippen LogP contribution in [0.15, 0.2) is 18.3 Å². The van der Waals surface area contributed by atoms with Crippen LogP contribution in [0.2, 0.25) is 0 Å². The molecule has 6 heterocycles. The van der Waals surface area contributed by atoms with Crippen molar-refractivity contribution in [2.45, 2.75) is 33.3 Å². The van der Waals surface area contributed by atoms with Crippen molar-refractivity contribution in [1.82, 2.24) is 29.6 Å².